The molecular weight excluding hydrogens is 476 g/mol. The van der Waals surface area contributed by atoms with Crippen molar-refractivity contribution in [2.45, 2.75) is 29.4 Å². The fourth-order valence-electron chi connectivity index (χ4n) is 3.38. The lowest BCUT2D eigenvalue weighted by atomic mass is 10.1. The van der Waals surface area contributed by atoms with E-state index >= 15 is 0 Å². The summed E-state index contributed by atoms with van der Waals surface area (Å²) in [5, 5.41) is 2.82. The number of carbonyl (C=O) groups excluding carboxylic acids is 1. The second-order valence-electron chi connectivity index (χ2n) is 8.18. The van der Waals surface area contributed by atoms with Gasteiger partial charge >= 0.3 is 0 Å². The second kappa shape index (κ2) is 10.8. The lowest BCUT2D eigenvalue weighted by Gasteiger charge is -2.11. The molecule has 0 radical (unpaired) electrons. The predicted octanol–water partition coefficient (Wildman–Crippen LogP) is 6.65. The molecule has 178 valence electrons. The summed E-state index contributed by atoms with van der Waals surface area (Å²) in [5.74, 6) is 0.564. The average Bonchev–Trinajstić information content (AvgIpc) is 2.86. The van der Waals surface area contributed by atoms with Crippen molar-refractivity contribution in [3.05, 3.63) is 119 Å². The largest absolute Gasteiger partial charge is 0.322 e. The predicted molar refractivity (Wildman–Crippen MR) is 144 cm³/mol. The van der Waals surface area contributed by atoms with Gasteiger partial charge in [0.05, 0.1) is 4.90 Å². The van der Waals surface area contributed by atoms with Crippen LogP contribution < -0.4 is 10.0 Å². The van der Waals surface area contributed by atoms with Crippen molar-refractivity contribution in [1.82, 2.24) is 0 Å². The Hall–Kier alpha value is -3.55. The van der Waals surface area contributed by atoms with Crippen LogP contribution in [0.2, 0.25) is 0 Å². The lowest BCUT2D eigenvalue weighted by Crippen LogP contribution is -2.14. The molecule has 0 heterocycles. The van der Waals surface area contributed by atoms with Crippen LogP contribution in [0.4, 0.5) is 11.4 Å². The fraction of sp³-hybridized carbons (Fsp3) is 0.107. The van der Waals surface area contributed by atoms with Crippen LogP contribution in [0.1, 0.15) is 27.0 Å². The Morgan fingerprint density at radius 3 is 2.09 bits per heavy atom. The normalized spacial score (nSPS) is 11.1. The monoisotopic (exact) mass is 502 g/mol. The topological polar surface area (TPSA) is 75.3 Å². The van der Waals surface area contributed by atoms with Crippen LogP contribution in [0.3, 0.4) is 0 Å². The maximum absolute atomic E-state index is 12.7. The van der Waals surface area contributed by atoms with E-state index in [1.165, 1.54) is 17.0 Å². The number of rotatable bonds is 8. The highest BCUT2D eigenvalue weighted by atomic mass is 32.2. The molecule has 0 saturated heterocycles. The number of anilines is 2. The summed E-state index contributed by atoms with van der Waals surface area (Å²) in [6.07, 6.45) is 0. The Morgan fingerprint density at radius 1 is 0.771 bits per heavy atom. The molecular formula is C28H26N2O3S2. The zero-order valence-corrected chi connectivity index (χ0v) is 21.1. The van der Waals surface area contributed by atoms with E-state index in [2.05, 4.69) is 22.2 Å². The molecule has 0 aliphatic carbocycles. The van der Waals surface area contributed by atoms with Crippen LogP contribution >= 0.6 is 11.8 Å². The van der Waals surface area contributed by atoms with Gasteiger partial charge in [0.2, 0.25) is 0 Å². The van der Waals surface area contributed by atoms with E-state index in [-0.39, 0.29) is 10.8 Å². The number of amides is 1. The third-order valence-corrected chi connectivity index (χ3v) is 8.03. The summed E-state index contributed by atoms with van der Waals surface area (Å²) in [6.45, 7) is 3.90. The number of thioether (sulfide) groups is 1. The number of nitrogens with one attached hydrogen (secondary N) is 2. The zero-order chi connectivity index (χ0) is 24.8. The quantitative estimate of drug-likeness (QED) is 0.265. The van der Waals surface area contributed by atoms with E-state index in [4.69, 9.17) is 0 Å². The van der Waals surface area contributed by atoms with Crippen LogP contribution in [0.25, 0.3) is 0 Å². The highest BCUT2D eigenvalue weighted by Gasteiger charge is 2.15. The van der Waals surface area contributed by atoms with E-state index < -0.39 is 10.0 Å². The van der Waals surface area contributed by atoms with Crippen molar-refractivity contribution in [3.8, 4) is 0 Å². The zero-order valence-electron chi connectivity index (χ0n) is 19.5. The van der Waals surface area contributed by atoms with Crippen molar-refractivity contribution >= 4 is 39.1 Å². The van der Waals surface area contributed by atoms with Crippen LogP contribution in [0.5, 0.6) is 0 Å². The molecule has 0 bridgehead atoms. The summed E-state index contributed by atoms with van der Waals surface area (Å²) in [6, 6.07) is 29.2. The van der Waals surface area contributed by atoms with Gasteiger partial charge in [-0.1, -0.05) is 36.4 Å². The van der Waals surface area contributed by atoms with Gasteiger partial charge in [0, 0.05) is 27.6 Å². The number of sulfonamides is 1. The number of benzene rings is 4. The van der Waals surface area contributed by atoms with Gasteiger partial charge in [-0.2, -0.15) is 0 Å². The van der Waals surface area contributed by atoms with Gasteiger partial charge in [-0.15, -0.1) is 11.8 Å². The first-order valence-corrected chi connectivity index (χ1v) is 13.6. The molecule has 2 N–H and O–H groups in total. The maximum atomic E-state index is 12.7. The Labute approximate surface area is 210 Å². The molecule has 0 aliphatic rings. The molecule has 4 aromatic carbocycles. The Morgan fingerprint density at radius 2 is 1.43 bits per heavy atom. The summed E-state index contributed by atoms with van der Waals surface area (Å²) >= 11 is 1.74. The van der Waals surface area contributed by atoms with Gasteiger partial charge in [-0.3, -0.25) is 9.52 Å². The first-order chi connectivity index (χ1) is 16.8. The number of hydrogen-bond acceptors (Lipinski definition) is 4. The van der Waals surface area contributed by atoms with Gasteiger partial charge in [-0.05, 0) is 91.2 Å². The molecule has 0 saturated carbocycles. The maximum Gasteiger partial charge on any atom is 0.261 e. The van der Waals surface area contributed by atoms with E-state index in [0.29, 0.717) is 16.9 Å². The molecule has 0 aliphatic heterocycles. The Bertz CT molecular complexity index is 1420. The van der Waals surface area contributed by atoms with Crippen molar-refractivity contribution in [1.29, 1.82) is 0 Å². The van der Waals surface area contributed by atoms with Gasteiger partial charge in [-0.25, -0.2) is 8.42 Å². The average molecular weight is 503 g/mol. The molecule has 0 fully saturated rings. The molecule has 5 nitrogen and oxygen atoms in total. The SMILES string of the molecule is Cc1ccc(NS(=O)(=O)c2ccc(NC(=O)c3ccc(CSc4ccccc4)cc3)cc2)cc1C. The van der Waals surface area contributed by atoms with E-state index in [1.807, 2.05) is 50.2 Å². The first kappa shape index (κ1) is 24.6. The molecule has 0 aromatic heterocycles. The molecule has 4 rings (SSSR count). The van der Waals surface area contributed by atoms with E-state index in [9.17, 15) is 13.2 Å². The highest BCUT2D eigenvalue weighted by Crippen LogP contribution is 2.23. The molecule has 35 heavy (non-hydrogen) atoms. The van der Waals surface area contributed by atoms with Crippen molar-refractivity contribution in [3.63, 3.8) is 0 Å². The minimum absolute atomic E-state index is 0.119. The number of carbonyl (C=O) groups is 1. The minimum atomic E-state index is -3.74. The number of aryl methyl sites for hydroxylation is 2. The van der Waals surface area contributed by atoms with Crippen molar-refractivity contribution < 1.29 is 13.2 Å². The molecule has 0 unspecified atom stereocenters. The fourth-order valence-corrected chi connectivity index (χ4v) is 5.30. The van der Waals surface area contributed by atoms with Gasteiger partial charge in [0.25, 0.3) is 15.9 Å². The molecule has 1 amide bonds. The van der Waals surface area contributed by atoms with Crippen LogP contribution in [0.15, 0.2) is 107 Å². The Kier molecular flexibility index (Phi) is 7.58. The van der Waals surface area contributed by atoms with Crippen molar-refractivity contribution in [2.75, 3.05) is 10.0 Å². The summed E-state index contributed by atoms with van der Waals surface area (Å²) in [7, 11) is -3.74. The van der Waals surface area contributed by atoms with Crippen molar-refractivity contribution in [2.24, 2.45) is 0 Å². The van der Waals surface area contributed by atoms with Crippen LogP contribution in [-0.4, -0.2) is 14.3 Å². The minimum Gasteiger partial charge on any atom is -0.322 e. The number of hydrogen-bond donors (Lipinski definition) is 2. The third kappa shape index (κ3) is 6.53. The Balaban J connectivity index is 1.36. The first-order valence-electron chi connectivity index (χ1n) is 11.1. The molecule has 4 aromatic rings. The lowest BCUT2D eigenvalue weighted by molar-refractivity contribution is 0.102. The summed E-state index contributed by atoms with van der Waals surface area (Å²) in [5.41, 5.74) is 4.78. The van der Waals surface area contributed by atoms with E-state index in [0.717, 1.165) is 22.4 Å². The second-order valence-corrected chi connectivity index (χ2v) is 10.9. The van der Waals surface area contributed by atoms with E-state index in [1.54, 1.807) is 48.2 Å². The molecule has 7 heteroatoms. The van der Waals surface area contributed by atoms with Crippen LogP contribution in [-0.2, 0) is 15.8 Å². The molecule has 0 atom stereocenters. The van der Waals surface area contributed by atoms with Gasteiger partial charge in [0.1, 0.15) is 0 Å². The highest BCUT2D eigenvalue weighted by molar-refractivity contribution is 7.98. The van der Waals surface area contributed by atoms with Gasteiger partial charge < -0.3 is 5.32 Å². The standard InChI is InChI=1S/C28H26N2O3S2/c1-20-8-13-25(18-21(20)2)30-35(32,33)27-16-14-24(15-17-27)29-28(31)23-11-9-22(10-12-23)19-34-26-6-4-3-5-7-26/h3-18,30H,19H2,1-2H3,(H,29,31). The third-order valence-electron chi connectivity index (χ3n) is 5.55. The smallest absolute Gasteiger partial charge is 0.261 e. The summed E-state index contributed by atoms with van der Waals surface area (Å²) < 4.78 is 28.1. The van der Waals surface area contributed by atoms with Crippen LogP contribution in [0, 0.1) is 13.8 Å². The molecule has 0 spiro atoms. The van der Waals surface area contributed by atoms with Gasteiger partial charge in [0.15, 0.2) is 0 Å². The summed E-state index contributed by atoms with van der Waals surface area (Å²) in [4.78, 5) is 14.0.